The number of rotatable bonds is 8. The van der Waals surface area contributed by atoms with E-state index < -0.39 is 0 Å². The molecule has 0 bridgehead atoms. The molecule has 2 aliphatic rings. The molecule has 3 aromatic rings. The van der Waals surface area contributed by atoms with Crippen LogP contribution in [0.25, 0.3) is 11.1 Å². The Labute approximate surface area is 211 Å². The third-order valence-corrected chi connectivity index (χ3v) is 7.42. The van der Waals surface area contributed by atoms with E-state index in [-0.39, 0.29) is 11.9 Å². The molecule has 0 spiro atoms. The molecule has 1 saturated carbocycles. The first kappa shape index (κ1) is 23.7. The third kappa shape index (κ3) is 5.80. The van der Waals surface area contributed by atoms with E-state index in [2.05, 4.69) is 65.6 Å². The number of hydrogen-bond acceptors (Lipinski definition) is 5. The van der Waals surface area contributed by atoms with Crippen LogP contribution in [0.5, 0.6) is 11.5 Å². The maximum absolute atomic E-state index is 12.1. The summed E-state index contributed by atoms with van der Waals surface area (Å²) in [7, 11) is 4.09. The number of benzene rings is 3. The molecule has 0 saturated heterocycles. The highest BCUT2D eigenvalue weighted by molar-refractivity contribution is 7.99. The highest BCUT2D eigenvalue weighted by atomic mass is 32.2. The van der Waals surface area contributed by atoms with Gasteiger partial charge in [-0.1, -0.05) is 42.5 Å². The molecule has 1 aliphatic heterocycles. The number of nitrogens with zero attached hydrogens (tertiary/aromatic N) is 1. The number of hydrogen-bond donors (Lipinski definition) is 0. The zero-order valence-corrected chi connectivity index (χ0v) is 21.1. The molecule has 0 N–H and O–H groups in total. The fourth-order valence-electron chi connectivity index (χ4n) is 4.29. The van der Waals surface area contributed by atoms with E-state index in [1.165, 1.54) is 21.6 Å². The fraction of sp³-hybridized carbons (Fsp3) is 0.300. The van der Waals surface area contributed by atoms with Gasteiger partial charge in [-0.3, -0.25) is 4.79 Å². The van der Waals surface area contributed by atoms with Crippen molar-refractivity contribution < 1.29 is 14.3 Å². The summed E-state index contributed by atoms with van der Waals surface area (Å²) < 4.78 is 11.5. The van der Waals surface area contributed by atoms with Crippen LogP contribution < -0.4 is 9.47 Å². The second-order valence-electron chi connectivity index (χ2n) is 9.34. The monoisotopic (exact) mass is 485 g/mol. The number of ether oxygens (including phenoxy) is 2. The quantitative estimate of drug-likeness (QED) is 0.273. The molecule has 1 fully saturated rings. The average molecular weight is 486 g/mol. The minimum Gasteiger partial charge on any atom is -0.492 e. The Morgan fingerprint density at radius 3 is 2.23 bits per heavy atom. The van der Waals surface area contributed by atoms with Crippen LogP contribution in [0, 0.1) is 5.92 Å². The van der Waals surface area contributed by atoms with E-state index in [0.29, 0.717) is 12.4 Å². The molecule has 0 unspecified atom stereocenters. The standard InChI is InChI=1S/C30H31NO3S/c1-31(2)18-19-33-24-13-9-21(10-14-24)29(27-17-20-35-28-6-4-3-5-26(27)28)22-11-15-25(16-12-22)34-30(32)23-7-8-23/h3-6,9-16,23H,7-8,17-20H2,1-2H3. The molecule has 35 heavy (non-hydrogen) atoms. The second kappa shape index (κ2) is 10.7. The van der Waals surface area contributed by atoms with E-state index in [9.17, 15) is 4.79 Å². The van der Waals surface area contributed by atoms with Crippen molar-refractivity contribution in [3.05, 3.63) is 89.5 Å². The van der Waals surface area contributed by atoms with Gasteiger partial charge in [-0.15, -0.1) is 11.8 Å². The Kier molecular flexibility index (Phi) is 7.26. The minimum atomic E-state index is -0.112. The molecule has 180 valence electrons. The molecule has 3 aromatic carbocycles. The van der Waals surface area contributed by atoms with Crippen molar-refractivity contribution in [1.29, 1.82) is 0 Å². The molecule has 0 aromatic heterocycles. The number of esters is 1. The number of carbonyl (C=O) groups excluding carboxylic acids is 1. The van der Waals surface area contributed by atoms with Gasteiger partial charge in [-0.25, -0.2) is 0 Å². The molecule has 1 aliphatic carbocycles. The van der Waals surface area contributed by atoms with Crippen molar-refractivity contribution in [2.45, 2.75) is 24.2 Å². The zero-order chi connectivity index (χ0) is 24.2. The predicted octanol–water partition coefficient (Wildman–Crippen LogP) is 6.40. The lowest BCUT2D eigenvalue weighted by Crippen LogP contribution is -2.19. The summed E-state index contributed by atoms with van der Waals surface area (Å²) in [6.07, 6.45) is 2.88. The molecule has 4 nitrogen and oxygen atoms in total. The Morgan fingerprint density at radius 2 is 1.57 bits per heavy atom. The van der Waals surface area contributed by atoms with Gasteiger partial charge in [0.1, 0.15) is 18.1 Å². The summed E-state index contributed by atoms with van der Waals surface area (Å²) in [5.74, 6) is 2.51. The van der Waals surface area contributed by atoms with Gasteiger partial charge < -0.3 is 14.4 Å². The molecule has 5 rings (SSSR count). The topological polar surface area (TPSA) is 38.8 Å². The SMILES string of the molecule is CN(C)CCOc1ccc(C(=C2CCSc3ccccc32)c2ccc(OC(=O)C3CC3)cc2)cc1. The molecule has 0 amide bonds. The lowest BCUT2D eigenvalue weighted by Gasteiger charge is -2.23. The van der Waals surface area contributed by atoms with Crippen molar-refractivity contribution in [2.24, 2.45) is 5.92 Å². The van der Waals surface area contributed by atoms with Crippen LogP contribution in [0.4, 0.5) is 0 Å². The van der Waals surface area contributed by atoms with Gasteiger partial charge >= 0.3 is 5.97 Å². The minimum absolute atomic E-state index is 0.0852. The summed E-state index contributed by atoms with van der Waals surface area (Å²) in [5.41, 5.74) is 6.15. The van der Waals surface area contributed by atoms with Crippen LogP contribution in [0.15, 0.2) is 77.7 Å². The molecular formula is C30H31NO3S. The second-order valence-corrected chi connectivity index (χ2v) is 10.5. The van der Waals surface area contributed by atoms with E-state index >= 15 is 0 Å². The number of likely N-dealkylation sites (N-methyl/N-ethyl adjacent to an activating group) is 1. The van der Waals surface area contributed by atoms with Crippen LogP contribution in [-0.2, 0) is 4.79 Å². The van der Waals surface area contributed by atoms with E-state index in [0.717, 1.165) is 48.4 Å². The number of thioether (sulfide) groups is 1. The van der Waals surface area contributed by atoms with Crippen LogP contribution in [0.3, 0.4) is 0 Å². The highest BCUT2D eigenvalue weighted by Crippen LogP contribution is 2.43. The number of allylic oxidation sites excluding steroid dienone is 1. The molecule has 5 heteroatoms. The van der Waals surface area contributed by atoms with Crippen LogP contribution >= 0.6 is 11.8 Å². The Bertz CT molecular complexity index is 1210. The van der Waals surface area contributed by atoms with E-state index in [4.69, 9.17) is 9.47 Å². The molecule has 0 radical (unpaired) electrons. The normalized spacial score (nSPS) is 16.5. The smallest absolute Gasteiger partial charge is 0.314 e. The van der Waals surface area contributed by atoms with Crippen LogP contribution in [0.1, 0.15) is 36.0 Å². The van der Waals surface area contributed by atoms with Gasteiger partial charge in [0.25, 0.3) is 0 Å². The largest absolute Gasteiger partial charge is 0.492 e. The summed E-state index contributed by atoms with van der Waals surface area (Å²) in [6.45, 7) is 1.54. The highest BCUT2D eigenvalue weighted by Gasteiger charge is 2.31. The van der Waals surface area contributed by atoms with Gasteiger partial charge in [0.05, 0.1) is 5.92 Å². The van der Waals surface area contributed by atoms with Gasteiger partial charge in [-0.05, 0) is 91.5 Å². The number of fused-ring (bicyclic) bond motifs is 1. The Morgan fingerprint density at radius 1 is 0.914 bits per heavy atom. The average Bonchev–Trinajstić information content (AvgIpc) is 3.72. The molecular weight excluding hydrogens is 454 g/mol. The Hall–Kier alpha value is -3.02. The third-order valence-electron chi connectivity index (χ3n) is 6.35. The van der Waals surface area contributed by atoms with Crippen molar-refractivity contribution in [2.75, 3.05) is 33.0 Å². The van der Waals surface area contributed by atoms with Crippen molar-refractivity contribution >= 4 is 28.9 Å². The fourth-order valence-corrected chi connectivity index (χ4v) is 5.33. The van der Waals surface area contributed by atoms with Crippen molar-refractivity contribution in [3.8, 4) is 11.5 Å². The lowest BCUT2D eigenvalue weighted by atomic mass is 9.88. The van der Waals surface area contributed by atoms with Crippen molar-refractivity contribution in [3.63, 3.8) is 0 Å². The van der Waals surface area contributed by atoms with E-state index in [1.807, 2.05) is 38.0 Å². The maximum atomic E-state index is 12.1. The summed E-state index contributed by atoms with van der Waals surface area (Å²) >= 11 is 1.92. The number of carbonyl (C=O) groups is 1. The predicted molar refractivity (Wildman–Crippen MR) is 143 cm³/mol. The van der Waals surface area contributed by atoms with Gasteiger partial charge in [0.15, 0.2) is 0 Å². The van der Waals surface area contributed by atoms with Crippen LogP contribution in [0.2, 0.25) is 0 Å². The van der Waals surface area contributed by atoms with Gasteiger partial charge in [0, 0.05) is 17.2 Å². The molecule has 1 heterocycles. The Balaban J connectivity index is 1.49. The first-order valence-corrected chi connectivity index (χ1v) is 13.2. The van der Waals surface area contributed by atoms with Gasteiger partial charge in [-0.2, -0.15) is 0 Å². The van der Waals surface area contributed by atoms with E-state index in [1.54, 1.807) is 0 Å². The zero-order valence-electron chi connectivity index (χ0n) is 20.3. The van der Waals surface area contributed by atoms with Gasteiger partial charge in [0.2, 0.25) is 0 Å². The van der Waals surface area contributed by atoms with Crippen molar-refractivity contribution in [1.82, 2.24) is 4.90 Å². The lowest BCUT2D eigenvalue weighted by molar-refractivity contribution is -0.135. The molecule has 0 atom stereocenters. The first-order chi connectivity index (χ1) is 17.1. The summed E-state index contributed by atoms with van der Waals surface area (Å²) in [6, 6.07) is 25.0. The first-order valence-electron chi connectivity index (χ1n) is 12.2. The van der Waals surface area contributed by atoms with Crippen LogP contribution in [-0.4, -0.2) is 43.9 Å². The maximum Gasteiger partial charge on any atom is 0.314 e. The summed E-state index contributed by atoms with van der Waals surface area (Å²) in [5, 5.41) is 0. The summed E-state index contributed by atoms with van der Waals surface area (Å²) in [4.78, 5) is 15.5.